The summed E-state index contributed by atoms with van der Waals surface area (Å²) < 4.78 is 1.07. The molecule has 0 saturated heterocycles. The summed E-state index contributed by atoms with van der Waals surface area (Å²) in [5.41, 5.74) is 12.6. The van der Waals surface area contributed by atoms with Gasteiger partial charge < -0.3 is 5.73 Å². The molecule has 0 atom stereocenters. The minimum absolute atomic E-state index is 0.523. The molecule has 3 nitrogen and oxygen atoms in total. The van der Waals surface area contributed by atoms with E-state index in [0.717, 1.165) is 32.4 Å². The van der Waals surface area contributed by atoms with Crippen molar-refractivity contribution in [2.45, 2.75) is 13.8 Å². The standard InChI is InChI=1S/C17H16BrN3/c1-10-5-3-6-12(9-10)15-16(20-21-17(15)19)13-7-4-8-14(18)11(13)2/h3-9H,1-2H3,(H3,19,20,21). The molecule has 4 heteroatoms. The van der Waals surface area contributed by atoms with Crippen LogP contribution in [0, 0.1) is 13.8 Å². The highest BCUT2D eigenvalue weighted by Gasteiger charge is 2.16. The van der Waals surface area contributed by atoms with Gasteiger partial charge in [-0.2, -0.15) is 5.10 Å². The van der Waals surface area contributed by atoms with Gasteiger partial charge in [-0.1, -0.05) is 57.9 Å². The van der Waals surface area contributed by atoms with Gasteiger partial charge in [0.2, 0.25) is 0 Å². The summed E-state index contributed by atoms with van der Waals surface area (Å²) in [4.78, 5) is 0. The van der Waals surface area contributed by atoms with Crippen molar-refractivity contribution in [1.29, 1.82) is 0 Å². The molecule has 21 heavy (non-hydrogen) atoms. The predicted octanol–water partition coefficient (Wildman–Crippen LogP) is 4.71. The van der Waals surface area contributed by atoms with Crippen LogP contribution in [0.25, 0.3) is 22.4 Å². The van der Waals surface area contributed by atoms with Gasteiger partial charge in [0.25, 0.3) is 0 Å². The molecule has 0 aliphatic heterocycles. The van der Waals surface area contributed by atoms with Crippen LogP contribution in [0.3, 0.4) is 0 Å². The van der Waals surface area contributed by atoms with Gasteiger partial charge in [0, 0.05) is 10.0 Å². The number of H-pyrrole nitrogens is 1. The van der Waals surface area contributed by atoms with Crippen molar-refractivity contribution in [3.8, 4) is 22.4 Å². The van der Waals surface area contributed by atoms with E-state index in [2.05, 4.69) is 64.2 Å². The second kappa shape index (κ2) is 5.37. The lowest BCUT2D eigenvalue weighted by Crippen LogP contribution is -1.91. The molecule has 2 aromatic carbocycles. The fourth-order valence-corrected chi connectivity index (χ4v) is 2.89. The van der Waals surface area contributed by atoms with E-state index in [9.17, 15) is 0 Å². The lowest BCUT2D eigenvalue weighted by atomic mass is 9.97. The molecule has 0 spiro atoms. The average molecular weight is 342 g/mol. The summed E-state index contributed by atoms with van der Waals surface area (Å²) >= 11 is 3.58. The molecule has 0 unspecified atom stereocenters. The van der Waals surface area contributed by atoms with Crippen LogP contribution in [-0.4, -0.2) is 10.2 Å². The number of halogens is 1. The molecule has 0 bridgehead atoms. The molecule has 0 saturated carbocycles. The number of nitrogens with one attached hydrogen (secondary N) is 1. The van der Waals surface area contributed by atoms with E-state index in [1.807, 2.05) is 18.2 Å². The maximum atomic E-state index is 6.09. The molecule has 106 valence electrons. The van der Waals surface area contributed by atoms with E-state index in [4.69, 9.17) is 5.73 Å². The number of nitrogen functional groups attached to an aromatic ring is 1. The smallest absolute Gasteiger partial charge is 0.153 e. The monoisotopic (exact) mass is 341 g/mol. The van der Waals surface area contributed by atoms with E-state index < -0.39 is 0 Å². The van der Waals surface area contributed by atoms with E-state index >= 15 is 0 Å². The fraction of sp³-hybridized carbons (Fsp3) is 0.118. The Labute approximate surface area is 132 Å². The Kier molecular flexibility index (Phi) is 3.55. The van der Waals surface area contributed by atoms with Gasteiger partial charge in [-0.25, -0.2) is 0 Å². The van der Waals surface area contributed by atoms with Crippen LogP contribution in [0.4, 0.5) is 5.82 Å². The molecule has 0 aliphatic rings. The van der Waals surface area contributed by atoms with Gasteiger partial charge in [0.15, 0.2) is 5.82 Å². The number of benzene rings is 2. The highest BCUT2D eigenvalue weighted by molar-refractivity contribution is 9.10. The lowest BCUT2D eigenvalue weighted by Gasteiger charge is -2.09. The van der Waals surface area contributed by atoms with Crippen molar-refractivity contribution in [3.63, 3.8) is 0 Å². The van der Waals surface area contributed by atoms with E-state index in [1.54, 1.807) is 0 Å². The van der Waals surface area contributed by atoms with Crippen LogP contribution in [0.5, 0.6) is 0 Å². The van der Waals surface area contributed by atoms with Crippen molar-refractivity contribution in [1.82, 2.24) is 10.2 Å². The molecule has 0 radical (unpaired) electrons. The van der Waals surface area contributed by atoms with Crippen molar-refractivity contribution >= 4 is 21.7 Å². The number of aromatic amines is 1. The van der Waals surface area contributed by atoms with Gasteiger partial charge in [-0.15, -0.1) is 0 Å². The quantitative estimate of drug-likeness (QED) is 0.709. The SMILES string of the molecule is Cc1cccc(-c2c(N)n[nH]c2-c2cccc(Br)c2C)c1. The number of hydrogen-bond acceptors (Lipinski definition) is 2. The number of anilines is 1. The number of nitrogens with two attached hydrogens (primary N) is 1. The molecule has 0 amide bonds. The first-order valence-electron chi connectivity index (χ1n) is 6.74. The molecule has 0 aliphatic carbocycles. The van der Waals surface area contributed by atoms with Gasteiger partial charge in [-0.3, -0.25) is 5.10 Å². The minimum Gasteiger partial charge on any atom is -0.382 e. The third-order valence-electron chi connectivity index (χ3n) is 3.64. The molecular formula is C17H16BrN3. The van der Waals surface area contributed by atoms with Gasteiger partial charge in [-0.05, 0) is 31.0 Å². The molecular weight excluding hydrogens is 326 g/mol. The highest BCUT2D eigenvalue weighted by atomic mass is 79.9. The Balaban J connectivity index is 2.24. The largest absolute Gasteiger partial charge is 0.382 e. The van der Waals surface area contributed by atoms with Gasteiger partial charge >= 0.3 is 0 Å². The number of aryl methyl sites for hydroxylation is 1. The number of rotatable bonds is 2. The fourth-order valence-electron chi connectivity index (χ4n) is 2.52. The third kappa shape index (κ3) is 2.47. The van der Waals surface area contributed by atoms with Crippen molar-refractivity contribution in [3.05, 3.63) is 58.1 Å². The highest BCUT2D eigenvalue weighted by Crippen LogP contribution is 2.37. The first-order valence-corrected chi connectivity index (χ1v) is 7.53. The second-order valence-electron chi connectivity index (χ2n) is 5.14. The van der Waals surface area contributed by atoms with Crippen LogP contribution in [0.2, 0.25) is 0 Å². The van der Waals surface area contributed by atoms with E-state index in [1.165, 1.54) is 5.56 Å². The van der Waals surface area contributed by atoms with Crippen molar-refractivity contribution in [2.75, 3.05) is 5.73 Å². The van der Waals surface area contributed by atoms with Gasteiger partial charge in [0.1, 0.15) is 0 Å². The second-order valence-corrected chi connectivity index (χ2v) is 6.00. The Morgan fingerprint density at radius 2 is 1.86 bits per heavy atom. The normalized spacial score (nSPS) is 10.8. The van der Waals surface area contributed by atoms with Crippen molar-refractivity contribution < 1.29 is 0 Å². The van der Waals surface area contributed by atoms with Crippen LogP contribution in [0.15, 0.2) is 46.9 Å². The molecule has 3 rings (SSSR count). The molecule has 0 fully saturated rings. The zero-order valence-electron chi connectivity index (χ0n) is 11.9. The maximum Gasteiger partial charge on any atom is 0.153 e. The summed E-state index contributed by atoms with van der Waals surface area (Å²) in [5, 5.41) is 7.29. The Bertz CT molecular complexity index is 806. The topological polar surface area (TPSA) is 54.7 Å². The number of nitrogens with zero attached hydrogens (tertiary/aromatic N) is 1. The maximum absolute atomic E-state index is 6.09. The van der Waals surface area contributed by atoms with Crippen LogP contribution >= 0.6 is 15.9 Å². The summed E-state index contributed by atoms with van der Waals surface area (Å²) in [5.74, 6) is 0.523. The van der Waals surface area contributed by atoms with E-state index in [-0.39, 0.29) is 0 Å². The summed E-state index contributed by atoms with van der Waals surface area (Å²) in [6, 6.07) is 14.4. The summed E-state index contributed by atoms with van der Waals surface area (Å²) in [6.45, 7) is 4.15. The number of hydrogen-bond donors (Lipinski definition) is 2. The summed E-state index contributed by atoms with van der Waals surface area (Å²) in [6.07, 6.45) is 0. The zero-order valence-corrected chi connectivity index (χ0v) is 13.5. The molecule has 3 aromatic rings. The first-order chi connectivity index (χ1) is 10.1. The lowest BCUT2D eigenvalue weighted by molar-refractivity contribution is 1.10. The molecule has 3 N–H and O–H groups in total. The third-order valence-corrected chi connectivity index (χ3v) is 4.50. The van der Waals surface area contributed by atoms with Gasteiger partial charge in [0.05, 0.1) is 11.3 Å². The Morgan fingerprint density at radius 1 is 1.10 bits per heavy atom. The molecule has 1 aromatic heterocycles. The Morgan fingerprint density at radius 3 is 2.62 bits per heavy atom. The van der Waals surface area contributed by atoms with Crippen LogP contribution in [-0.2, 0) is 0 Å². The molecule has 1 heterocycles. The van der Waals surface area contributed by atoms with Crippen LogP contribution in [0.1, 0.15) is 11.1 Å². The predicted molar refractivity (Wildman–Crippen MR) is 91.0 cm³/mol. The number of aromatic nitrogens is 2. The minimum atomic E-state index is 0.523. The first kappa shape index (κ1) is 13.9. The van der Waals surface area contributed by atoms with Crippen LogP contribution < -0.4 is 5.73 Å². The Hall–Kier alpha value is -2.07. The van der Waals surface area contributed by atoms with Crippen molar-refractivity contribution in [2.24, 2.45) is 0 Å². The summed E-state index contributed by atoms with van der Waals surface area (Å²) in [7, 11) is 0. The van der Waals surface area contributed by atoms with E-state index in [0.29, 0.717) is 5.82 Å². The average Bonchev–Trinajstić information content (AvgIpc) is 2.83. The zero-order chi connectivity index (χ0) is 15.0.